The summed E-state index contributed by atoms with van der Waals surface area (Å²) in [7, 11) is 0. The number of hydrogen-bond donors (Lipinski definition) is 1. The van der Waals surface area contributed by atoms with Gasteiger partial charge in [-0.1, -0.05) is 6.42 Å². The summed E-state index contributed by atoms with van der Waals surface area (Å²) in [5.74, 6) is -2.73. The number of hydrogen-bond acceptors (Lipinski definition) is 1. The minimum atomic E-state index is -4.19. The maximum Gasteiger partial charge on any atom is 0.391 e. The molecule has 0 spiro atoms. The third-order valence-electron chi connectivity index (χ3n) is 3.71. The first-order valence-corrected chi connectivity index (χ1v) is 5.46. The van der Waals surface area contributed by atoms with Crippen molar-refractivity contribution in [3.05, 3.63) is 0 Å². The summed E-state index contributed by atoms with van der Waals surface area (Å²) in [6, 6.07) is 0. The molecule has 0 aromatic carbocycles. The number of rotatable bonds is 2. The third-order valence-corrected chi connectivity index (χ3v) is 3.71. The Bertz CT molecular complexity index is 271. The highest BCUT2D eigenvalue weighted by atomic mass is 19.4. The number of alkyl halides is 3. The molecule has 0 aromatic rings. The Hall–Kier alpha value is -0.740. The van der Waals surface area contributed by atoms with E-state index in [2.05, 4.69) is 0 Å². The fraction of sp³-hybridized carbons (Fsp3) is 0.909. The quantitative estimate of drug-likeness (QED) is 0.799. The maximum absolute atomic E-state index is 12.6. The number of aliphatic carboxylic acids is 1. The van der Waals surface area contributed by atoms with Gasteiger partial charge in [0.1, 0.15) is 0 Å². The van der Waals surface area contributed by atoms with Crippen LogP contribution in [0.5, 0.6) is 0 Å². The van der Waals surface area contributed by atoms with Crippen LogP contribution in [0.15, 0.2) is 0 Å². The molecule has 16 heavy (non-hydrogen) atoms. The summed E-state index contributed by atoms with van der Waals surface area (Å²) in [6.07, 6.45) is -3.07. The van der Waals surface area contributed by atoms with Gasteiger partial charge in [0.15, 0.2) is 0 Å². The van der Waals surface area contributed by atoms with Crippen molar-refractivity contribution in [1.82, 2.24) is 0 Å². The number of carbonyl (C=O) groups is 1. The van der Waals surface area contributed by atoms with Crippen LogP contribution < -0.4 is 0 Å². The molecule has 0 radical (unpaired) electrons. The van der Waals surface area contributed by atoms with E-state index in [1.807, 2.05) is 0 Å². The first-order valence-electron chi connectivity index (χ1n) is 5.46. The van der Waals surface area contributed by atoms with Crippen molar-refractivity contribution in [2.24, 2.45) is 17.3 Å². The lowest BCUT2D eigenvalue weighted by atomic mass is 9.68. The number of carboxylic acids is 1. The zero-order valence-electron chi connectivity index (χ0n) is 9.47. The van der Waals surface area contributed by atoms with E-state index in [0.29, 0.717) is 12.8 Å². The summed E-state index contributed by atoms with van der Waals surface area (Å²) in [6.45, 7) is 3.03. The van der Waals surface area contributed by atoms with Gasteiger partial charge in [0.05, 0.1) is 11.3 Å². The monoisotopic (exact) mass is 238 g/mol. The van der Waals surface area contributed by atoms with E-state index in [1.165, 1.54) is 13.8 Å². The molecule has 2 nitrogen and oxygen atoms in total. The molecular weight excluding hydrogens is 221 g/mol. The van der Waals surface area contributed by atoms with E-state index in [-0.39, 0.29) is 18.8 Å². The Kier molecular flexibility index (Phi) is 3.55. The van der Waals surface area contributed by atoms with Crippen LogP contribution in [-0.2, 0) is 4.79 Å². The SMILES string of the molecule is CC(C)(C(=O)O)C1CCCC(C(F)(F)F)C1. The summed E-state index contributed by atoms with van der Waals surface area (Å²) >= 11 is 0. The smallest absolute Gasteiger partial charge is 0.391 e. The zero-order valence-corrected chi connectivity index (χ0v) is 9.47. The van der Waals surface area contributed by atoms with E-state index in [4.69, 9.17) is 5.11 Å². The molecule has 0 aliphatic heterocycles. The molecular formula is C11H17F3O2. The fourth-order valence-corrected chi connectivity index (χ4v) is 2.32. The number of halogens is 3. The Balaban J connectivity index is 2.75. The van der Waals surface area contributed by atoms with Gasteiger partial charge >= 0.3 is 12.1 Å². The molecule has 1 rings (SSSR count). The van der Waals surface area contributed by atoms with Crippen LogP contribution >= 0.6 is 0 Å². The van der Waals surface area contributed by atoms with Crippen LogP contribution in [0, 0.1) is 17.3 Å². The average molecular weight is 238 g/mol. The van der Waals surface area contributed by atoms with E-state index in [9.17, 15) is 18.0 Å². The molecule has 2 atom stereocenters. The summed E-state index contributed by atoms with van der Waals surface area (Å²) in [5, 5.41) is 9.00. The van der Waals surface area contributed by atoms with Gasteiger partial charge in [-0.25, -0.2) is 0 Å². The van der Waals surface area contributed by atoms with Gasteiger partial charge in [-0.3, -0.25) is 4.79 Å². The van der Waals surface area contributed by atoms with Gasteiger partial charge in [0, 0.05) is 0 Å². The first kappa shape index (κ1) is 13.3. The molecule has 94 valence electrons. The van der Waals surface area contributed by atoms with Crippen LogP contribution in [0.1, 0.15) is 39.5 Å². The molecule has 1 saturated carbocycles. The molecule has 5 heteroatoms. The fourth-order valence-electron chi connectivity index (χ4n) is 2.32. The topological polar surface area (TPSA) is 37.3 Å². The Morgan fingerprint density at radius 3 is 2.12 bits per heavy atom. The lowest BCUT2D eigenvalue weighted by molar-refractivity contribution is -0.191. The van der Waals surface area contributed by atoms with E-state index in [0.717, 1.165) is 0 Å². The van der Waals surface area contributed by atoms with Crippen LogP contribution in [0.3, 0.4) is 0 Å². The van der Waals surface area contributed by atoms with Crippen molar-refractivity contribution in [1.29, 1.82) is 0 Å². The average Bonchev–Trinajstić information content (AvgIpc) is 2.16. The minimum absolute atomic E-state index is 0.0528. The van der Waals surface area contributed by atoms with Crippen molar-refractivity contribution in [2.45, 2.75) is 45.7 Å². The molecule has 0 bridgehead atoms. The second-order valence-corrected chi connectivity index (χ2v) is 5.13. The second-order valence-electron chi connectivity index (χ2n) is 5.13. The van der Waals surface area contributed by atoms with Crippen molar-refractivity contribution in [3.63, 3.8) is 0 Å². The molecule has 0 heterocycles. The molecule has 1 aliphatic rings. The molecule has 2 unspecified atom stereocenters. The lowest BCUT2D eigenvalue weighted by Gasteiger charge is -2.37. The van der Waals surface area contributed by atoms with Gasteiger partial charge < -0.3 is 5.11 Å². The number of carboxylic acid groups (broad SMARTS) is 1. The second kappa shape index (κ2) is 4.26. The predicted molar refractivity (Wildman–Crippen MR) is 52.9 cm³/mol. The van der Waals surface area contributed by atoms with E-state index < -0.39 is 23.5 Å². The van der Waals surface area contributed by atoms with Crippen molar-refractivity contribution in [2.75, 3.05) is 0 Å². The summed E-state index contributed by atoms with van der Waals surface area (Å²) in [5.41, 5.74) is -1.07. The highest BCUT2D eigenvalue weighted by Gasteiger charge is 2.47. The van der Waals surface area contributed by atoms with Crippen LogP contribution in [0.2, 0.25) is 0 Å². The van der Waals surface area contributed by atoms with E-state index >= 15 is 0 Å². The van der Waals surface area contributed by atoms with Gasteiger partial charge in [-0.05, 0) is 39.0 Å². The lowest BCUT2D eigenvalue weighted by Crippen LogP contribution is -2.39. The highest BCUT2D eigenvalue weighted by molar-refractivity contribution is 5.74. The largest absolute Gasteiger partial charge is 0.481 e. The molecule has 1 aliphatic carbocycles. The molecule has 1 fully saturated rings. The molecule has 0 aromatic heterocycles. The van der Waals surface area contributed by atoms with Gasteiger partial charge in [-0.2, -0.15) is 13.2 Å². The van der Waals surface area contributed by atoms with Crippen molar-refractivity contribution >= 4 is 5.97 Å². The van der Waals surface area contributed by atoms with Crippen molar-refractivity contribution in [3.8, 4) is 0 Å². The summed E-state index contributed by atoms with van der Waals surface area (Å²) < 4.78 is 37.7. The Morgan fingerprint density at radius 1 is 1.19 bits per heavy atom. The minimum Gasteiger partial charge on any atom is -0.481 e. The Morgan fingerprint density at radius 2 is 1.69 bits per heavy atom. The first-order chi connectivity index (χ1) is 7.15. The van der Waals surface area contributed by atoms with Crippen LogP contribution in [-0.4, -0.2) is 17.3 Å². The van der Waals surface area contributed by atoms with Crippen molar-refractivity contribution < 1.29 is 23.1 Å². The molecule has 0 saturated heterocycles. The molecule has 0 amide bonds. The van der Waals surface area contributed by atoms with E-state index in [1.54, 1.807) is 0 Å². The normalized spacial score (nSPS) is 27.8. The van der Waals surface area contributed by atoms with Gasteiger partial charge in [0.25, 0.3) is 0 Å². The predicted octanol–water partition coefficient (Wildman–Crippen LogP) is 3.47. The zero-order chi connectivity index (χ0) is 12.6. The standard InChI is InChI=1S/C11H17F3O2/c1-10(2,9(15)16)7-4-3-5-8(6-7)11(12,13)14/h7-8H,3-6H2,1-2H3,(H,15,16). The highest BCUT2D eigenvalue weighted by Crippen LogP contribution is 2.45. The van der Waals surface area contributed by atoms with Gasteiger partial charge in [0.2, 0.25) is 0 Å². The summed E-state index contributed by atoms with van der Waals surface area (Å²) in [4.78, 5) is 11.0. The third kappa shape index (κ3) is 2.68. The van der Waals surface area contributed by atoms with Crippen LogP contribution in [0.25, 0.3) is 0 Å². The Labute approximate surface area is 92.8 Å². The van der Waals surface area contributed by atoms with Crippen LogP contribution in [0.4, 0.5) is 13.2 Å². The van der Waals surface area contributed by atoms with Gasteiger partial charge in [-0.15, -0.1) is 0 Å². The molecule has 1 N–H and O–H groups in total. The maximum atomic E-state index is 12.6.